The lowest BCUT2D eigenvalue weighted by atomic mass is 10.1. The number of benzene rings is 3. The van der Waals surface area contributed by atoms with Gasteiger partial charge < -0.3 is 5.32 Å². The average Bonchev–Trinajstić information content (AvgIpc) is 3.15. The number of rotatable bonds is 6. The van der Waals surface area contributed by atoms with Gasteiger partial charge in [0.15, 0.2) is 0 Å². The smallest absolute Gasteiger partial charge is 0.257 e. The van der Waals surface area contributed by atoms with Crippen molar-refractivity contribution >= 4 is 57.4 Å². The van der Waals surface area contributed by atoms with Crippen molar-refractivity contribution < 1.29 is 4.79 Å². The van der Waals surface area contributed by atoms with E-state index in [1.165, 1.54) is 11.6 Å². The Balaban J connectivity index is 1.59. The molecule has 1 aromatic heterocycles. The Morgan fingerprint density at radius 2 is 1.65 bits per heavy atom. The second-order valence-electron chi connectivity index (χ2n) is 7.16. The van der Waals surface area contributed by atoms with Crippen molar-refractivity contribution in [2.75, 3.05) is 5.32 Å². The number of nitrogens with one attached hydrogen (secondary N) is 1. The van der Waals surface area contributed by atoms with E-state index in [1.54, 1.807) is 29.1 Å². The van der Waals surface area contributed by atoms with Gasteiger partial charge in [-0.15, -0.1) is 10.2 Å². The first-order valence-electron chi connectivity index (χ1n) is 9.87. The summed E-state index contributed by atoms with van der Waals surface area (Å²) in [6, 6.07) is 16.2. The van der Waals surface area contributed by atoms with E-state index in [9.17, 15) is 4.79 Å². The maximum Gasteiger partial charge on any atom is 0.257 e. The molecule has 0 aliphatic carbocycles. The predicted molar refractivity (Wildman–Crippen MR) is 127 cm³/mol. The molecule has 1 N–H and O–H groups in total. The Labute approximate surface area is 194 Å². The van der Waals surface area contributed by atoms with Crippen LogP contribution in [0.2, 0.25) is 15.1 Å². The molecule has 3 aromatic carbocycles. The van der Waals surface area contributed by atoms with Crippen molar-refractivity contribution in [2.24, 2.45) is 0 Å². The molecule has 5 nitrogen and oxygen atoms in total. The summed E-state index contributed by atoms with van der Waals surface area (Å²) < 4.78 is 0. The van der Waals surface area contributed by atoms with Crippen LogP contribution in [0.3, 0.4) is 0 Å². The predicted octanol–water partition coefficient (Wildman–Crippen LogP) is 6.98. The SMILES string of the molecule is CCCCc1ccc(-n2nc3cc(Cl)c(NC(=O)c4ccc(Cl)cc4Cl)cc3n2)cc1. The highest BCUT2D eigenvalue weighted by Crippen LogP contribution is 2.29. The summed E-state index contributed by atoms with van der Waals surface area (Å²) in [7, 11) is 0. The van der Waals surface area contributed by atoms with Gasteiger partial charge in [0.2, 0.25) is 0 Å². The Kier molecular flexibility index (Phi) is 6.46. The van der Waals surface area contributed by atoms with Crippen molar-refractivity contribution in [1.82, 2.24) is 15.0 Å². The molecule has 1 heterocycles. The molecule has 158 valence electrons. The van der Waals surface area contributed by atoms with Gasteiger partial charge in [-0.3, -0.25) is 4.79 Å². The number of carbonyl (C=O) groups excluding carboxylic acids is 1. The number of aromatic nitrogens is 3. The Hall–Kier alpha value is -2.60. The first kappa shape index (κ1) is 21.6. The lowest BCUT2D eigenvalue weighted by Gasteiger charge is -2.08. The third-order valence-electron chi connectivity index (χ3n) is 4.88. The zero-order chi connectivity index (χ0) is 22.0. The molecule has 0 saturated heterocycles. The third-order valence-corrected chi connectivity index (χ3v) is 5.74. The zero-order valence-corrected chi connectivity index (χ0v) is 19.0. The molecule has 0 radical (unpaired) electrons. The number of unbranched alkanes of at least 4 members (excludes halogenated alkanes) is 1. The van der Waals surface area contributed by atoms with Gasteiger partial charge in [0.1, 0.15) is 11.0 Å². The van der Waals surface area contributed by atoms with Gasteiger partial charge in [-0.05, 0) is 60.9 Å². The minimum atomic E-state index is -0.391. The fourth-order valence-electron chi connectivity index (χ4n) is 3.19. The van der Waals surface area contributed by atoms with E-state index in [0.29, 0.717) is 32.3 Å². The molecule has 0 atom stereocenters. The van der Waals surface area contributed by atoms with Gasteiger partial charge in [-0.1, -0.05) is 60.3 Å². The molecular formula is C23H19Cl3N4O. The van der Waals surface area contributed by atoms with Crippen molar-refractivity contribution in [3.05, 3.63) is 80.8 Å². The lowest BCUT2D eigenvalue weighted by Crippen LogP contribution is -2.12. The van der Waals surface area contributed by atoms with Gasteiger partial charge in [0, 0.05) is 5.02 Å². The number of halogens is 3. The molecule has 1 amide bonds. The quantitative estimate of drug-likeness (QED) is 0.329. The number of anilines is 1. The average molecular weight is 474 g/mol. The second kappa shape index (κ2) is 9.27. The molecule has 0 saturated carbocycles. The van der Waals surface area contributed by atoms with Crippen LogP contribution in [0.4, 0.5) is 5.69 Å². The maximum absolute atomic E-state index is 12.6. The van der Waals surface area contributed by atoms with Crippen LogP contribution in [-0.2, 0) is 6.42 Å². The maximum atomic E-state index is 12.6. The molecule has 0 aliphatic heterocycles. The molecular weight excluding hydrogens is 455 g/mol. The van der Waals surface area contributed by atoms with Crippen LogP contribution in [0, 0.1) is 0 Å². The fraction of sp³-hybridized carbons (Fsp3) is 0.174. The highest BCUT2D eigenvalue weighted by atomic mass is 35.5. The molecule has 0 aliphatic rings. The summed E-state index contributed by atoms with van der Waals surface area (Å²) in [4.78, 5) is 14.2. The molecule has 8 heteroatoms. The highest BCUT2D eigenvalue weighted by Gasteiger charge is 2.15. The van der Waals surface area contributed by atoms with E-state index < -0.39 is 5.91 Å². The van der Waals surface area contributed by atoms with Gasteiger partial charge in [-0.25, -0.2) is 0 Å². The Morgan fingerprint density at radius 3 is 2.32 bits per heavy atom. The molecule has 4 rings (SSSR count). The first-order valence-corrected chi connectivity index (χ1v) is 11.0. The van der Waals surface area contributed by atoms with Crippen LogP contribution in [0.15, 0.2) is 54.6 Å². The summed E-state index contributed by atoms with van der Waals surface area (Å²) in [6.45, 7) is 2.18. The summed E-state index contributed by atoms with van der Waals surface area (Å²) in [5.74, 6) is -0.391. The van der Waals surface area contributed by atoms with E-state index in [0.717, 1.165) is 24.9 Å². The van der Waals surface area contributed by atoms with Gasteiger partial charge in [0.05, 0.1) is 27.0 Å². The van der Waals surface area contributed by atoms with Crippen LogP contribution in [0.5, 0.6) is 0 Å². The lowest BCUT2D eigenvalue weighted by molar-refractivity contribution is 0.102. The van der Waals surface area contributed by atoms with Crippen LogP contribution in [-0.4, -0.2) is 20.9 Å². The number of nitrogens with zero attached hydrogens (tertiary/aromatic N) is 3. The van der Waals surface area contributed by atoms with Crippen molar-refractivity contribution in [3.8, 4) is 5.69 Å². The monoisotopic (exact) mass is 472 g/mol. The standard InChI is InChI=1S/C23H19Cl3N4O/c1-2-3-4-14-5-8-16(9-6-14)30-28-21-12-19(26)20(13-22(21)29-30)27-23(31)17-10-7-15(24)11-18(17)25/h5-13H,2-4H2,1H3,(H,27,31). The molecule has 0 fully saturated rings. The fourth-order valence-corrected chi connectivity index (χ4v) is 3.89. The molecule has 0 unspecified atom stereocenters. The minimum absolute atomic E-state index is 0.260. The number of carbonyl (C=O) groups is 1. The number of hydrogen-bond donors (Lipinski definition) is 1. The van der Waals surface area contributed by atoms with Gasteiger partial charge in [-0.2, -0.15) is 4.80 Å². The largest absolute Gasteiger partial charge is 0.321 e. The Bertz CT molecular complexity index is 1250. The zero-order valence-electron chi connectivity index (χ0n) is 16.7. The van der Waals surface area contributed by atoms with E-state index in [-0.39, 0.29) is 5.02 Å². The number of hydrogen-bond acceptors (Lipinski definition) is 3. The first-order chi connectivity index (χ1) is 14.9. The molecule has 4 aromatic rings. The summed E-state index contributed by atoms with van der Waals surface area (Å²) in [6.07, 6.45) is 3.39. The highest BCUT2D eigenvalue weighted by molar-refractivity contribution is 6.38. The van der Waals surface area contributed by atoms with E-state index in [2.05, 4.69) is 34.6 Å². The molecule has 31 heavy (non-hydrogen) atoms. The third kappa shape index (κ3) is 4.85. The molecule has 0 spiro atoms. The van der Waals surface area contributed by atoms with Gasteiger partial charge in [0.25, 0.3) is 5.91 Å². The number of aryl methyl sites for hydroxylation is 1. The van der Waals surface area contributed by atoms with Crippen molar-refractivity contribution in [3.63, 3.8) is 0 Å². The van der Waals surface area contributed by atoms with Gasteiger partial charge >= 0.3 is 0 Å². The normalized spacial score (nSPS) is 11.1. The number of amides is 1. The van der Waals surface area contributed by atoms with E-state index in [4.69, 9.17) is 34.8 Å². The van der Waals surface area contributed by atoms with Crippen LogP contribution < -0.4 is 5.32 Å². The minimum Gasteiger partial charge on any atom is -0.321 e. The summed E-state index contributed by atoms with van der Waals surface area (Å²) in [5.41, 5.74) is 4.10. The van der Waals surface area contributed by atoms with Crippen LogP contribution >= 0.6 is 34.8 Å². The van der Waals surface area contributed by atoms with E-state index >= 15 is 0 Å². The molecule has 0 bridgehead atoms. The second-order valence-corrected chi connectivity index (χ2v) is 8.41. The summed E-state index contributed by atoms with van der Waals surface area (Å²) >= 11 is 18.4. The van der Waals surface area contributed by atoms with E-state index in [1.807, 2.05) is 12.1 Å². The van der Waals surface area contributed by atoms with Crippen molar-refractivity contribution in [1.29, 1.82) is 0 Å². The summed E-state index contributed by atoms with van der Waals surface area (Å²) in [5, 5.41) is 12.9. The Morgan fingerprint density at radius 1 is 0.935 bits per heavy atom. The van der Waals surface area contributed by atoms with Crippen LogP contribution in [0.25, 0.3) is 16.7 Å². The van der Waals surface area contributed by atoms with Crippen molar-refractivity contribution in [2.45, 2.75) is 26.2 Å². The number of fused-ring (bicyclic) bond motifs is 1. The van der Waals surface area contributed by atoms with Crippen LogP contribution in [0.1, 0.15) is 35.7 Å². The topological polar surface area (TPSA) is 59.8 Å².